The van der Waals surface area contributed by atoms with Gasteiger partial charge in [-0.2, -0.15) is 13.2 Å². The predicted octanol–water partition coefficient (Wildman–Crippen LogP) is -0.0790. The molecular weight excluding hydrogens is 435 g/mol. The van der Waals surface area contributed by atoms with Gasteiger partial charge in [0.1, 0.15) is 24.4 Å². The molecule has 12 heteroatoms. The van der Waals surface area contributed by atoms with Gasteiger partial charge in [-0.15, -0.1) is 0 Å². The number of carboxylic acids is 2. The van der Waals surface area contributed by atoms with E-state index in [1.165, 1.54) is 0 Å². The second kappa shape index (κ2) is 13.5. The molecule has 1 aromatic rings. The highest BCUT2D eigenvalue weighted by Gasteiger charge is 2.28. The maximum atomic E-state index is 11.7. The maximum absolute atomic E-state index is 11.7. The third kappa shape index (κ3) is 15.0. The van der Waals surface area contributed by atoms with E-state index in [0.29, 0.717) is 25.3 Å². The molecule has 1 atom stereocenters. The van der Waals surface area contributed by atoms with Crippen molar-refractivity contribution < 1.29 is 47.0 Å². The van der Waals surface area contributed by atoms with E-state index in [4.69, 9.17) is 25.5 Å². The SMILES string of the molecule is C[N+](C)(C)CCCC(=O)NCCOc1ccc(C[C@H](N)C(=O)O)cc1.O=C([O-])C(F)(F)F. The lowest BCUT2D eigenvalue weighted by atomic mass is 10.1. The van der Waals surface area contributed by atoms with E-state index in [9.17, 15) is 22.8 Å². The van der Waals surface area contributed by atoms with E-state index >= 15 is 0 Å². The van der Waals surface area contributed by atoms with E-state index in [1.807, 2.05) is 0 Å². The average Bonchev–Trinajstić information content (AvgIpc) is 2.65. The minimum Gasteiger partial charge on any atom is -0.542 e. The molecule has 1 aromatic carbocycles. The predicted molar refractivity (Wildman–Crippen MR) is 107 cm³/mol. The number of quaternary nitrogens is 1. The monoisotopic (exact) mass is 465 g/mol. The molecule has 0 saturated carbocycles. The summed E-state index contributed by atoms with van der Waals surface area (Å²) in [4.78, 5) is 31.2. The zero-order valence-corrected chi connectivity index (χ0v) is 18.3. The number of ether oxygens (including phenoxy) is 1. The Morgan fingerprint density at radius 1 is 1.19 bits per heavy atom. The van der Waals surface area contributed by atoms with E-state index in [-0.39, 0.29) is 12.3 Å². The van der Waals surface area contributed by atoms with Gasteiger partial charge in [-0.1, -0.05) is 12.1 Å². The van der Waals surface area contributed by atoms with Gasteiger partial charge in [-0.05, 0) is 24.1 Å². The Morgan fingerprint density at radius 2 is 1.72 bits per heavy atom. The average molecular weight is 465 g/mol. The van der Waals surface area contributed by atoms with Crippen molar-refractivity contribution in [1.82, 2.24) is 5.32 Å². The van der Waals surface area contributed by atoms with Crippen LogP contribution in [-0.4, -0.2) is 80.5 Å². The van der Waals surface area contributed by atoms with Crippen LogP contribution in [-0.2, 0) is 20.8 Å². The number of nitrogens with one attached hydrogen (secondary N) is 1. The number of rotatable bonds is 11. The molecule has 0 heterocycles. The molecule has 0 aliphatic rings. The van der Waals surface area contributed by atoms with Gasteiger partial charge in [0.15, 0.2) is 0 Å². The van der Waals surface area contributed by atoms with Crippen LogP contribution in [0.4, 0.5) is 13.2 Å². The number of carboxylic acid groups (broad SMARTS) is 2. The second-order valence-electron chi connectivity index (χ2n) is 7.89. The van der Waals surface area contributed by atoms with Gasteiger partial charge < -0.3 is 35.3 Å². The smallest absolute Gasteiger partial charge is 0.430 e. The molecule has 0 aromatic heterocycles. The first-order chi connectivity index (χ1) is 14.6. The Bertz CT molecular complexity index is 734. The van der Waals surface area contributed by atoms with Crippen molar-refractivity contribution in [1.29, 1.82) is 0 Å². The van der Waals surface area contributed by atoms with Crippen LogP contribution in [0.5, 0.6) is 5.75 Å². The topological polar surface area (TPSA) is 142 Å². The largest absolute Gasteiger partial charge is 0.542 e. The van der Waals surface area contributed by atoms with Gasteiger partial charge >= 0.3 is 12.1 Å². The highest BCUT2D eigenvalue weighted by Crippen LogP contribution is 2.13. The number of amides is 1. The summed E-state index contributed by atoms with van der Waals surface area (Å²) in [5, 5.41) is 20.4. The highest BCUT2D eigenvalue weighted by atomic mass is 19.4. The summed E-state index contributed by atoms with van der Waals surface area (Å²) >= 11 is 0. The summed E-state index contributed by atoms with van der Waals surface area (Å²) in [7, 11) is 6.31. The summed E-state index contributed by atoms with van der Waals surface area (Å²) in [6, 6.07) is 6.22. The molecule has 0 aliphatic carbocycles. The zero-order valence-electron chi connectivity index (χ0n) is 18.3. The van der Waals surface area contributed by atoms with Gasteiger partial charge in [-0.3, -0.25) is 9.59 Å². The van der Waals surface area contributed by atoms with Crippen LogP contribution < -0.4 is 20.9 Å². The molecule has 182 valence electrons. The number of nitrogens with zero attached hydrogens (tertiary/aromatic N) is 1. The molecule has 1 rings (SSSR count). The van der Waals surface area contributed by atoms with Gasteiger partial charge in [0.2, 0.25) is 5.91 Å². The molecule has 0 spiro atoms. The van der Waals surface area contributed by atoms with Gasteiger partial charge in [0.25, 0.3) is 0 Å². The Kier molecular flexibility index (Phi) is 12.3. The minimum atomic E-state index is -5.19. The molecule has 0 bridgehead atoms. The summed E-state index contributed by atoms with van der Waals surface area (Å²) in [5.74, 6) is -3.31. The molecule has 32 heavy (non-hydrogen) atoms. The highest BCUT2D eigenvalue weighted by molar-refractivity contribution is 5.75. The number of aliphatic carboxylic acids is 2. The Hall–Kier alpha value is -2.86. The first kappa shape index (κ1) is 29.1. The fourth-order valence-electron chi connectivity index (χ4n) is 2.22. The van der Waals surface area contributed by atoms with Gasteiger partial charge in [0, 0.05) is 12.8 Å². The van der Waals surface area contributed by atoms with Crippen LogP contribution in [0.15, 0.2) is 24.3 Å². The standard InChI is InChI=1S/C18H29N3O4.C2HF3O2/c1-21(2,3)11-4-5-17(22)20-10-12-25-15-8-6-14(7-9-15)13-16(19)18(23)24;3-2(4,5)1(6)7/h6-9,16H,4-5,10-13,19H2,1-3H3,(H-,20,22,23,24);(H,6,7)/t16-;/m0./s1. The summed E-state index contributed by atoms with van der Waals surface area (Å²) < 4.78 is 38.0. The quantitative estimate of drug-likeness (QED) is 0.307. The molecule has 1 amide bonds. The van der Waals surface area contributed by atoms with Crippen LogP contribution in [0.2, 0.25) is 0 Å². The molecule has 0 aliphatic heterocycles. The van der Waals surface area contributed by atoms with Crippen LogP contribution in [0, 0.1) is 0 Å². The minimum absolute atomic E-state index is 0.0371. The van der Waals surface area contributed by atoms with E-state index in [2.05, 4.69) is 26.5 Å². The maximum Gasteiger partial charge on any atom is 0.430 e. The van der Waals surface area contributed by atoms with E-state index in [0.717, 1.165) is 23.0 Å². The molecular formula is C20H30F3N3O6. The molecule has 0 fully saturated rings. The number of hydrogen-bond acceptors (Lipinski definition) is 6. The van der Waals surface area contributed by atoms with E-state index in [1.54, 1.807) is 24.3 Å². The van der Waals surface area contributed by atoms with Crippen molar-refractivity contribution in [2.45, 2.75) is 31.5 Å². The Balaban J connectivity index is 0.00000118. The molecule has 0 unspecified atom stereocenters. The molecule has 0 radical (unpaired) electrons. The number of nitrogens with two attached hydrogens (primary N) is 1. The third-order valence-electron chi connectivity index (χ3n) is 3.85. The first-order valence-corrected chi connectivity index (χ1v) is 9.67. The van der Waals surface area contributed by atoms with Crippen molar-refractivity contribution in [2.24, 2.45) is 5.73 Å². The van der Waals surface area contributed by atoms with Crippen molar-refractivity contribution in [2.75, 3.05) is 40.8 Å². The Morgan fingerprint density at radius 3 is 2.16 bits per heavy atom. The number of benzene rings is 1. The molecule has 9 nitrogen and oxygen atoms in total. The van der Waals surface area contributed by atoms with Crippen LogP contribution in [0.1, 0.15) is 18.4 Å². The summed E-state index contributed by atoms with van der Waals surface area (Å²) in [5.41, 5.74) is 6.34. The second-order valence-corrected chi connectivity index (χ2v) is 7.89. The van der Waals surface area contributed by atoms with Crippen molar-refractivity contribution >= 4 is 17.8 Å². The van der Waals surface area contributed by atoms with Crippen LogP contribution in [0.3, 0.4) is 0 Å². The van der Waals surface area contributed by atoms with Crippen molar-refractivity contribution in [3.63, 3.8) is 0 Å². The molecule has 4 N–H and O–H groups in total. The lowest BCUT2D eigenvalue weighted by Crippen LogP contribution is -2.37. The van der Waals surface area contributed by atoms with Gasteiger partial charge in [0.05, 0.1) is 34.2 Å². The van der Waals surface area contributed by atoms with E-state index < -0.39 is 24.2 Å². The number of alkyl halides is 3. The number of halogens is 3. The Labute approximate surface area is 184 Å². The fraction of sp³-hybridized carbons (Fsp3) is 0.550. The third-order valence-corrected chi connectivity index (χ3v) is 3.85. The summed E-state index contributed by atoms with van der Waals surface area (Å²) in [6.45, 7) is 1.80. The van der Waals surface area contributed by atoms with Crippen LogP contribution in [0.25, 0.3) is 0 Å². The first-order valence-electron chi connectivity index (χ1n) is 9.67. The normalized spacial score (nSPS) is 12.2. The number of carbonyl (C=O) groups is 3. The lowest BCUT2D eigenvalue weighted by Gasteiger charge is -2.23. The fourth-order valence-corrected chi connectivity index (χ4v) is 2.22. The number of hydrogen-bond donors (Lipinski definition) is 3. The van der Waals surface area contributed by atoms with Crippen molar-refractivity contribution in [3.8, 4) is 5.75 Å². The zero-order chi connectivity index (χ0) is 24.9. The van der Waals surface area contributed by atoms with Gasteiger partial charge in [-0.25, -0.2) is 0 Å². The summed E-state index contributed by atoms with van der Waals surface area (Å²) in [6.07, 6.45) is -3.54. The molecule has 0 saturated heterocycles. The number of carbonyl (C=O) groups excluding carboxylic acids is 2. The van der Waals surface area contributed by atoms with Crippen LogP contribution >= 0.6 is 0 Å². The lowest BCUT2D eigenvalue weighted by molar-refractivity contribution is -0.870. The van der Waals surface area contributed by atoms with Crippen molar-refractivity contribution in [3.05, 3.63) is 29.8 Å².